The fourth-order valence-corrected chi connectivity index (χ4v) is 3.34. The van der Waals surface area contributed by atoms with E-state index in [2.05, 4.69) is 0 Å². The minimum Gasteiger partial charge on any atom is -0.423 e. The Morgan fingerprint density at radius 2 is 1.82 bits per heavy atom. The first-order chi connectivity index (χ1) is 13.5. The molecule has 0 unspecified atom stereocenters. The first kappa shape index (κ1) is 17.8. The van der Waals surface area contributed by atoms with Crippen molar-refractivity contribution >= 4 is 45.1 Å². The molecule has 4 aromatic rings. The van der Waals surface area contributed by atoms with Crippen LogP contribution in [0, 0.1) is 10.1 Å². The number of carbonyl (C=O) groups is 1. The van der Waals surface area contributed by atoms with E-state index in [0.29, 0.717) is 21.5 Å². The van der Waals surface area contributed by atoms with E-state index in [0.717, 1.165) is 10.9 Å². The van der Waals surface area contributed by atoms with E-state index in [-0.39, 0.29) is 11.4 Å². The number of non-ortho nitro benzene ring substituents is 1. The lowest BCUT2D eigenvalue weighted by atomic mass is 10.1. The van der Waals surface area contributed by atoms with E-state index in [9.17, 15) is 14.9 Å². The number of carbonyl (C=O) groups excluding carboxylic acids is 1. The molecule has 0 aliphatic heterocycles. The third kappa shape index (κ3) is 2.91. The number of hydrogen-bond donors (Lipinski definition) is 0. The van der Waals surface area contributed by atoms with Crippen molar-refractivity contribution in [2.45, 2.75) is 0 Å². The second-order valence-corrected chi connectivity index (χ2v) is 6.42. The van der Waals surface area contributed by atoms with E-state index in [1.165, 1.54) is 31.4 Å². The van der Waals surface area contributed by atoms with Crippen LogP contribution in [-0.2, 0) is 0 Å². The van der Waals surface area contributed by atoms with Crippen molar-refractivity contribution in [3.63, 3.8) is 0 Å². The number of hydrogen-bond acceptors (Lipinski definition) is 5. The topological polar surface area (TPSA) is 83.6 Å². The monoisotopic (exact) mass is 396 g/mol. The van der Waals surface area contributed by atoms with E-state index >= 15 is 0 Å². The van der Waals surface area contributed by atoms with Gasteiger partial charge in [0.15, 0.2) is 0 Å². The molecule has 0 aliphatic carbocycles. The summed E-state index contributed by atoms with van der Waals surface area (Å²) >= 11 is 6.15. The molecular formula is C20H13ClN2O5. The van der Waals surface area contributed by atoms with Crippen molar-refractivity contribution in [1.29, 1.82) is 0 Å². The first-order valence-electron chi connectivity index (χ1n) is 8.23. The number of esters is 1. The van der Waals surface area contributed by atoms with Gasteiger partial charge >= 0.3 is 5.97 Å². The van der Waals surface area contributed by atoms with Crippen molar-refractivity contribution in [2.24, 2.45) is 0 Å². The number of fused-ring (bicyclic) bond motifs is 3. The predicted molar refractivity (Wildman–Crippen MR) is 105 cm³/mol. The molecule has 0 radical (unpaired) electrons. The molecule has 0 bridgehead atoms. The van der Waals surface area contributed by atoms with Crippen LogP contribution < -0.4 is 9.57 Å². The number of nitro groups is 1. The van der Waals surface area contributed by atoms with E-state index < -0.39 is 10.9 Å². The van der Waals surface area contributed by atoms with Crippen LogP contribution in [0.1, 0.15) is 10.4 Å². The summed E-state index contributed by atoms with van der Waals surface area (Å²) in [6.07, 6.45) is 0. The summed E-state index contributed by atoms with van der Waals surface area (Å²) < 4.78 is 7.04. The highest BCUT2D eigenvalue weighted by Crippen LogP contribution is 2.33. The molecule has 0 saturated carbocycles. The number of nitro benzene ring substituents is 1. The fourth-order valence-electron chi connectivity index (χ4n) is 3.17. The average molecular weight is 397 g/mol. The zero-order chi connectivity index (χ0) is 19.8. The van der Waals surface area contributed by atoms with Crippen LogP contribution in [0.15, 0.2) is 60.7 Å². The minimum absolute atomic E-state index is 0.0836. The standard InChI is InChI=1S/C20H13ClN2O5/c1-27-22-17-10-5-12(21)11-16(17)19-15(3-2-4-18(19)22)20(24)28-14-8-6-13(7-9-14)23(25)26/h2-11H,1H3. The van der Waals surface area contributed by atoms with Gasteiger partial charge < -0.3 is 9.57 Å². The van der Waals surface area contributed by atoms with Crippen LogP contribution in [0.25, 0.3) is 21.8 Å². The number of nitrogens with zero attached hydrogens (tertiary/aromatic N) is 2. The van der Waals surface area contributed by atoms with E-state index in [4.69, 9.17) is 21.2 Å². The van der Waals surface area contributed by atoms with Crippen LogP contribution in [0.4, 0.5) is 5.69 Å². The molecule has 8 heteroatoms. The lowest BCUT2D eigenvalue weighted by Gasteiger charge is -2.07. The molecule has 0 saturated heterocycles. The Labute approximate surface area is 163 Å². The number of benzene rings is 3. The Bertz CT molecular complexity index is 1230. The molecular weight excluding hydrogens is 384 g/mol. The molecule has 7 nitrogen and oxygen atoms in total. The van der Waals surface area contributed by atoms with Gasteiger partial charge in [0.05, 0.1) is 21.5 Å². The zero-order valence-electron chi connectivity index (χ0n) is 14.6. The summed E-state index contributed by atoms with van der Waals surface area (Å²) in [5.41, 5.74) is 1.70. The second kappa shape index (κ2) is 6.86. The normalized spacial score (nSPS) is 10.9. The Hall–Kier alpha value is -3.58. The molecule has 0 aliphatic rings. The summed E-state index contributed by atoms with van der Waals surface area (Å²) in [7, 11) is 1.54. The Kier molecular flexibility index (Phi) is 4.37. The lowest BCUT2D eigenvalue weighted by Crippen LogP contribution is -2.09. The lowest BCUT2D eigenvalue weighted by molar-refractivity contribution is -0.384. The number of aromatic nitrogens is 1. The van der Waals surface area contributed by atoms with Crippen molar-refractivity contribution in [3.8, 4) is 5.75 Å². The molecule has 0 spiro atoms. The first-order valence-corrected chi connectivity index (χ1v) is 8.61. The fraction of sp³-hybridized carbons (Fsp3) is 0.0500. The van der Waals surface area contributed by atoms with Crippen LogP contribution in [0.3, 0.4) is 0 Å². The van der Waals surface area contributed by atoms with Crippen LogP contribution >= 0.6 is 11.6 Å². The van der Waals surface area contributed by atoms with E-state index in [1.54, 1.807) is 29.0 Å². The van der Waals surface area contributed by atoms with Crippen LogP contribution in [0.2, 0.25) is 5.02 Å². The quantitative estimate of drug-likeness (QED) is 0.217. The van der Waals surface area contributed by atoms with Gasteiger partial charge in [-0.3, -0.25) is 10.1 Å². The summed E-state index contributed by atoms with van der Waals surface area (Å²) in [5, 5.41) is 12.7. The molecule has 0 N–H and O–H groups in total. The molecule has 0 amide bonds. The van der Waals surface area contributed by atoms with Crippen LogP contribution in [0.5, 0.6) is 5.75 Å². The highest BCUT2D eigenvalue weighted by Gasteiger charge is 2.20. The highest BCUT2D eigenvalue weighted by atomic mass is 35.5. The molecule has 0 fully saturated rings. The number of halogens is 1. The maximum Gasteiger partial charge on any atom is 0.344 e. The van der Waals surface area contributed by atoms with Crippen LogP contribution in [-0.4, -0.2) is 22.7 Å². The predicted octanol–water partition coefficient (Wildman–Crippen LogP) is 4.63. The molecule has 28 heavy (non-hydrogen) atoms. The average Bonchev–Trinajstić information content (AvgIpc) is 3.01. The zero-order valence-corrected chi connectivity index (χ0v) is 15.3. The van der Waals surface area contributed by atoms with Gasteiger partial charge in [-0.05, 0) is 42.5 Å². The van der Waals surface area contributed by atoms with Gasteiger partial charge in [0, 0.05) is 27.9 Å². The molecule has 4 rings (SSSR count). The summed E-state index contributed by atoms with van der Waals surface area (Å²) in [4.78, 5) is 28.5. The molecule has 1 aromatic heterocycles. The van der Waals surface area contributed by atoms with Gasteiger partial charge in [-0.1, -0.05) is 17.7 Å². The van der Waals surface area contributed by atoms with Crippen molar-refractivity contribution in [2.75, 3.05) is 7.11 Å². The number of rotatable bonds is 4. The van der Waals surface area contributed by atoms with Gasteiger partial charge in [0.25, 0.3) is 5.69 Å². The molecule has 1 heterocycles. The SMILES string of the molecule is COn1c2ccc(Cl)cc2c2c(C(=O)Oc3ccc([N+](=O)[O-])cc3)cccc21. The number of ether oxygens (including phenoxy) is 1. The van der Waals surface area contributed by atoms with Gasteiger partial charge in [-0.15, -0.1) is 0 Å². The highest BCUT2D eigenvalue weighted by molar-refractivity contribution is 6.32. The van der Waals surface area contributed by atoms with Gasteiger partial charge in [-0.25, -0.2) is 4.79 Å². The molecule has 140 valence electrons. The van der Waals surface area contributed by atoms with E-state index in [1.807, 2.05) is 12.1 Å². The largest absolute Gasteiger partial charge is 0.423 e. The third-order valence-electron chi connectivity index (χ3n) is 4.37. The summed E-state index contributed by atoms with van der Waals surface area (Å²) in [6.45, 7) is 0. The molecule has 0 atom stereocenters. The maximum atomic E-state index is 12.8. The van der Waals surface area contributed by atoms with Crippen molar-refractivity contribution < 1.29 is 19.3 Å². The van der Waals surface area contributed by atoms with Crippen molar-refractivity contribution in [1.82, 2.24) is 4.73 Å². The Morgan fingerprint density at radius 1 is 1.07 bits per heavy atom. The van der Waals surface area contributed by atoms with Gasteiger partial charge in [0.2, 0.25) is 0 Å². The Morgan fingerprint density at radius 3 is 2.50 bits per heavy atom. The smallest absolute Gasteiger partial charge is 0.344 e. The Balaban J connectivity index is 1.82. The van der Waals surface area contributed by atoms with Gasteiger partial charge in [-0.2, -0.15) is 4.73 Å². The summed E-state index contributed by atoms with van der Waals surface area (Å²) in [6, 6.07) is 15.8. The molecule has 3 aromatic carbocycles. The maximum absolute atomic E-state index is 12.8. The van der Waals surface area contributed by atoms with Gasteiger partial charge in [0.1, 0.15) is 12.9 Å². The summed E-state index contributed by atoms with van der Waals surface area (Å²) in [5.74, 6) is -0.379. The second-order valence-electron chi connectivity index (χ2n) is 5.98. The third-order valence-corrected chi connectivity index (χ3v) is 4.60. The minimum atomic E-state index is -0.588. The van der Waals surface area contributed by atoms with Crippen molar-refractivity contribution in [3.05, 3.63) is 81.4 Å².